The molecular formula is C41H51ClN4O6. The van der Waals surface area contributed by atoms with Crippen molar-refractivity contribution in [1.29, 1.82) is 0 Å². The lowest BCUT2D eigenvalue weighted by Crippen LogP contribution is -2.57. The molecule has 1 fully saturated rings. The van der Waals surface area contributed by atoms with Crippen LogP contribution in [0.2, 0.25) is 5.02 Å². The van der Waals surface area contributed by atoms with Gasteiger partial charge in [-0.05, 0) is 75.3 Å². The smallest absolute Gasteiger partial charge is 0.302 e. The molecule has 0 aliphatic carbocycles. The summed E-state index contributed by atoms with van der Waals surface area (Å²) in [7, 11) is 0. The fraction of sp³-hybridized carbons (Fsp3) is 0.415. The molecule has 6 atom stereocenters. The van der Waals surface area contributed by atoms with Gasteiger partial charge >= 0.3 is 5.97 Å². The highest BCUT2D eigenvalue weighted by atomic mass is 35.5. The van der Waals surface area contributed by atoms with Crippen molar-refractivity contribution in [2.75, 3.05) is 13.2 Å². The monoisotopic (exact) mass is 730 g/mol. The van der Waals surface area contributed by atoms with Crippen molar-refractivity contribution < 1.29 is 28.7 Å². The van der Waals surface area contributed by atoms with Gasteiger partial charge in [0.25, 0.3) is 0 Å². The van der Waals surface area contributed by atoms with Crippen molar-refractivity contribution in [3.05, 3.63) is 119 Å². The molecule has 1 saturated heterocycles. The summed E-state index contributed by atoms with van der Waals surface area (Å²) in [5, 5.41) is 6.52. The number of nitrogens with two attached hydrogens (primary N) is 1. The standard InChI is InChI=1S/C41H51ClN4O6/c1-28(43)38(48)45-37(29(2)51-26-32-15-9-6-10-16-32)39(49)46-22-12-19-36(46)20-21-41(4,25-33-17-11-18-34(42)23-33)40(50)44-35(27-52-30(3)47)24-31-13-7-5-8-14-31/h5-11,13-18,20-21,23,28-29,35-37H,12,19,22,24-27,43H2,1-4H3,(H,44,50)(H,45,48)/b21-20+/t28-,29+,35-,36-,37-,41-/m0/s1. The molecule has 278 valence electrons. The second kappa shape index (κ2) is 19.4. The summed E-state index contributed by atoms with van der Waals surface area (Å²) in [6.45, 7) is 7.27. The van der Waals surface area contributed by atoms with Crippen molar-refractivity contribution in [3.63, 3.8) is 0 Å². The number of nitrogens with zero attached hydrogens (tertiary/aromatic N) is 1. The fourth-order valence-electron chi connectivity index (χ4n) is 6.24. The van der Waals surface area contributed by atoms with Crippen LogP contribution in [0, 0.1) is 5.41 Å². The number of hydrogen-bond acceptors (Lipinski definition) is 7. The Kier molecular flexibility index (Phi) is 15.0. The second-order valence-electron chi connectivity index (χ2n) is 13.8. The van der Waals surface area contributed by atoms with Crippen LogP contribution < -0.4 is 16.4 Å². The molecule has 11 heteroatoms. The third-order valence-corrected chi connectivity index (χ3v) is 9.43. The molecule has 0 saturated carbocycles. The average Bonchev–Trinajstić information content (AvgIpc) is 3.60. The van der Waals surface area contributed by atoms with Gasteiger partial charge in [-0.2, -0.15) is 0 Å². The molecule has 10 nitrogen and oxygen atoms in total. The largest absolute Gasteiger partial charge is 0.464 e. The van der Waals surface area contributed by atoms with E-state index in [1.807, 2.05) is 97.9 Å². The minimum absolute atomic E-state index is 0.0108. The lowest BCUT2D eigenvalue weighted by Gasteiger charge is -2.32. The number of rotatable bonds is 17. The second-order valence-corrected chi connectivity index (χ2v) is 14.2. The lowest BCUT2D eigenvalue weighted by molar-refractivity contribution is -0.143. The summed E-state index contributed by atoms with van der Waals surface area (Å²) in [4.78, 5) is 54.8. The molecule has 3 aromatic rings. The molecule has 4 N–H and O–H groups in total. The summed E-state index contributed by atoms with van der Waals surface area (Å²) in [6, 6.07) is 24.0. The van der Waals surface area contributed by atoms with Gasteiger partial charge in [0.05, 0.1) is 36.3 Å². The van der Waals surface area contributed by atoms with Crippen molar-refractivity contribution in [2.24, 2.45) is 11.1 Å². The van der Waals surface area contributed by atoms with Crippen LogP contribution in [0.4, 0.5) is 0 Å². The number of amides is 3. The highest BCUT2D eigenvalue weighted by Gasteiger charge is 2.38. The van der Waals surface area contributed by atoms with E-state index in [-0.39, 0.29) is 31.1 Å². The molecule has 1 aliphatic rings. The lowest BCUT2D eigenvalue weighted by atomic mass is 9.81. The molecule has 1 heterocycles. The van der Waals surface area contributed by atoms with E-state index in [0.29, 0.717) is 30.8 Å². The Morgan fingerprint density at radius 1 is 0.962 bits per heavy atom. The Morgan fingerprint density at radius 2 is 1.62 bits per heavy atom. The molecule has 0 radical (unpaired) electrons. The van der Waals surface area contributed by atoms with Crippen molar-refractivity contribution in [2.45, 2.75) is 90.3 Å². The Hall–Kier alpha value is -4.51. The van der Waals surface area contributed by atoms with E-state index in [1.54, 1.807) is 24.8 Å². The Bertz CT molecular complexity index is 1670. The molecule has 3 aromatic carbocycles. The third-order valence-electron chi connectivity index (χ3n) is 9.20. The first-order valence-corrected chi connectivity index (χ1v) is 18.2. The minimum Gasteiger partial charge on any atom is -0.464 e. The van der Waals surface area contributed by atoms with Gasteiger partial charge in [-0.15, -0.1) is 0 Å². The number of halogens is 1. The molecular weight excluding hydrogens is 680 g/mol. The minimum atomic E-state index is -1.08. The number of carbonyl (C=O) groups is 4. The van der Waals surface area contributed by atoms with Crippen molar-refractivity contribution in [1.82, 2.24) is 15.5 Å². The number of benzene rings is 3. The predicted octanol–water partition coefficient (Wildman–Crippen LogP) is 5.16. The van der Waals surface area contributed by atoms with Gasteiger partial charge in [0, 0.05) is 18.5 Å². The first-order valence-electron chi connectivity index (χ1n) is 17.8. The van der Waals surface area contributed by atoms with Gasteiger partial charge in [0.1, 0.15) is 12.6 Å². The van der Waals surface area contributed by atoms with E-state index in [1.165, 1.54) is 6.92 Å². The molecule has 0 bridgehead atoms. The topological polar surface area (TPSA) is 140 Å². The van der Waals surface area contributed by atoms with Crippen LogP contribution in [-0.4, -0.2) is 72.0 Å². The number of carbonyl (C=O) groups excluding carboxylic acids is 4. The van der Waals surface area contributed by atoms with Crippen LogP contribution >= 0.6 is 11.6 Å². The maximum absolute atomic E-state index is 14.3. The number of nitrogens with one attached hydrogen (secondary N) is 2. The van der Waals surface area contributed by atoms with Crippen LogP contribution in [-0.2, 0) is 48.1 Å². The van der Waals surface area contributed by atoms with Gasteiger partial charge in [0.2, 0.25) is 17.7 Å². The van der Waals surface area contributed by atoms with Crippen molar-refractivity contribution >= 4 is 35.3 Å². The summed E-state index contributed by atoms with van der Waals surface area (Å²) in [5.41, 5.74) is 7.58. The van der Waals surface area contributed by atoms with E-state index in [9.17, 15) is 19.2 Å². The molecule has 3 amide bonds. The van der Waals surface area contributed by atoms with Gasteiger partial charge in [-0.25, -0.2) is 0 Å². The molecule has 0 spiro atoms. The summed E-state index contributed by atoms with van der Waals surface area (Å²) in [5.74, 6) is -1.44. The van der Waals surface area contributed by atoms with E-state index in [2.05, 4.69) is 10.6 Å². The van der Waals surface area contributed by atoms with Crippen LogP contribution in [0.3, 0.4) is 0 Å². The normalized spacial score (nSPS) is 17.8. The maximum atomic E-state index is 14.3. The molecule has 4 rings (SSSR count). The van der Waals surface area contributed by atoms with Gasteiger partial charge in [-0.1, -0.05) is 96.5 Å². The first kappa shape index (κ1) is 40.3. The number of esters is 1. The van der Waals surface area contributed by atoms with Crippen molar-refractivity contribution in [3.8, 4) is 0 Å². The van der Waals surface area contributed by atoms with E-state index in [4.69, 9.17) is 26.8 Å². The molecule has 0 unspecified atom stereocenters. The zero-order valence-electron chi connectivity index (χ0n) is 30.4. The Morgan fingerprint density at radius 3 is 2.25 bits per heavy atom. The highest BCUT2D eigenvalue weighted by molar-refractivity contribution is 6.30. The molecule has 0 aromatic heterocycles. The SMILES string of the molecule is CC(=O)OC[C@H](Cc1ccccc1)NC(=O)[C@@](C)(/C=C/[C@@H]1CCCN1C(=O)[C@@H](NC(=O)[C@H](C)N)[C@@H](C)OCc1ccccc1)Cc1cccc(Cl)c1. The molecule has 1 aliphatic heterocycles. The average molecular weight is 731 g/mol. The Balaban J connectivity index is 1.59. The summed E-state index contributed by atoms with van der Waals surface area (Å²) in [6.07, 6.45) is 5.31. The highest BCUT2D eigenvalue weighted by Crippen LogP contribution is 2.29. The quantitative estimate of drug-likeness (QED) is 0.129. The summed E-state index contributed by atoms with van der Waals surface area (Å²) >= 11 is 6.34. The number of hydrogen-bond donors (Lipinski definition) is 3. The van der Waals surface area contributed by atoms with Gasteiger partial charge in [-0.3, -0.25) is 19.2 Å². The number of ether oxygens (including phenoxy) is 2. The van der Waals surface area contributed by atoms with Gasteiger partial charge < -0.3 is 30.7 Å². The Labute approximate surface area is 312 Å². The van der Waals surface area contributed by atoms with Crippen LogP contribution in [0.25, 0.3) is 0 Å². The summed E-state index contributed by atoms with van der Waals surface area (Å²) < 4.78 is 11.5. The van der Waals surface area contributed by atoms with Crippen LogP contribution in [0.5, 0.6) is 0 Å². The van der Waals surface area contributed by atoms with E-state index in [0.717, 1.165) is 23.1 Å². The fourth-order valence-corrected chi connectivity index (χ4v) is 6.45. The maximum Gasteiger partial charge on any atom is 0.302 e. The van der Waals surface area contributed by atoms with Crippen LogP contribution in [0.15, 0.2) is 97.1 Å². The first-order chi connectivity index (χ1) is 24.8. The van der Waals surface area contributed by atoms with E-state index < -0.39 is 41.5 Å². The predicted molar refractivity (Wildman–Crippen MR) is 202 cm³/mol. The zero-order chi connectivity index (χ0) is 37.7. The van der Waals surface area contributed by atoms with Gasteiger partial charge in [0.15, 0.2) is 0 Å². The zero-order valence-corrected chi connectivity index (χ0v) is 31.2. The molecule has 52 heavy (non-hydrogen) atoms. The van der Waals surface area contributed by atoms with Crippen LogP contribution in [0.1, 0.15) is 57.2 Å². The number of likely N-dealkylation sites (tertiary alicyclic amines) is 1. The van der Waals surface area contributed by atoms with E-state index >= 15 is 0 Å². The third kappa shape index (κ3) is 12.0.